The second-order valence-corrected chi connectivity index (χ2v) is 8.12. The van der Waals surface area contributed by atoms with E-state index < -0.39 is 0 Å². The molecule has 0 heterocycles. The van der Waals surface area contributed by atoms with Crippen molar-refractivity contribution in [3.8, 4) is 28.4 Å². The number of para-hydroxylation sites is 1. The van der Waals surface area contributed by atoms with E-state index in [-0.39, 0.29) is 17.2 Å². The lowest BCUT2D eigenvalue weighted by Gasteiger charge is -2.18. The molecule has 5 aromatic rings. The summed E-state index contributed by atoms with van der Waals surface area (Å²) in [6, 6.07) is 27.0. The summed E-state index contributed by atoms with van der Waals surface area (Å²) in [5.74, 6) is 0.519. The van der Waals surface area contributed by atoms with Crippen LogP contribution in [0.5, 0.6) is 17.2 Å². The van der Waals surface area contributed by atoms with Crippen molar-refractivity contribution in [2.45, 2.75) is 19.8 Å². The van der Waals surface area contributed by atoms with Crippen molar-refractivity contribution in [3.05, 3.63) is 102 Å². The molecule has 0 atom stereocenters. The third-order valence-electron chi connectivity index (χ3n) is 6.22. The molecule has 158 valence electrons. The van der Waals surface area contributed by atoms with Gasteiger partial charge in [0, 0.05) is 17.5 Å². The SMILES string of the molecule is CCc1cccc(Cc2cc3ccccc3c(-c3c(O)ccc4ccccc34)c2O)c1O. The molecule has 0 fully saturated rings. The normalized spacial score (nSPS) is 11.3. The van der Waals surface area contributed by atoms with Gasteiger partial charge in [0.05, 0.1) is 0 Å². The molecule has 0 aromatic heterocycles. The third kappa shape index (κ3) is 3.23. The minimum absolute atomic E-state index is 0.122. The fourth-order valence-corrected chi connectivity index (χ4v) is 4.58. The number of aryl methyl sites for hydroxylation is 1. The van der Waals surface area contributed by atoms with E-state index in [1.54, 1.807) is 6.07 Å². The van der Waals surface area contributed by atoms with Gasteiger partial charge in [-0.3, -0.25) is 0 Å². The smallest absolute Gasteiger partial charge is 0.127 e. The third-order valence-corrected chi connectivity index (χ3v) is 6.22. The van der Waals surface area contributed by atoms with Gasteiger partial charge in [-0.05, 0) is 56.8 Å². The van der Waals surface area contributed by atoms with Crippen molar-refractivity contribution >= 4 is 21.5 Å². The second kappa shape index (κ2) is 7.93. The average Bonchev–Trinajstić information content (AvgIpc) is 2.82. The molecule has 5 rings (SSSR count). The van der Waals surface area contributed by atoms with Crippen LogP contribution >= 0.6 is 0 Å². The average molecular weight is 421 g/mol. The molecule has 0 aliphatic heterocycles. The van der Waals surface area contributed by atoms with Crippen LogP contribution in [0.25, 0.3) is 32.7 Å². The first-order valence-corrected chi connectivity index (χ1v) is 10.8. The highest BCUT2D eigenvalue weighted by molar-refractivity contribution is 6.10. The zero-order valence-corrected chi connectivity index (χ0v) is 17.8. The van der Waals surface area contributed by atoms with Gasteiger partial charge >= 0.3 is 0 Å². The first kappa shape index (κ1) is 20.0. The molecule has 0 unspecified atom stereocenters. The Kier molecular flexibility index (Phi) is 4.95. The van der Waals surface area contributed by atoms with Gasteiger partial charge in [-0.2, -0.15) is 0 Å². The van der Waals surface area contributed by atoms with Crippen molar-refractivity contribution in [1.29, 1.82) is 0 Å². The number of hydrogen-bond acceptors (Lipinski definition) is 3. The molecule has 3 nitrogen and oxygen atoms in total. The maximum Gasteiger partial charge on any atom is 0.127 e. The molecule has 3 N–H and O–H groups in total. The summed E-state index contributed by atoms with van der Waals surface area (Å²) in [5, 5.41) is 36.8. The van der Waals surface area contributed by atoms with E-state index in [0.29, 0.717) is 23.1 Å². The summed E-state index contributed by atoms with van der Waals surface area (Å²) in [6.45, 7) is 2.01. The molecule has 32 heavy (non-hydrogen) atoms. The van der Waals surface area contributed by atoms with Crippen LogP contribution in [-0.4, -0.2) is 15.3 Å². The molecule has 0 saturated heterocycles. The van der Waals surface area contributed by atoms with Crippen molar-refractivity contribution in [2.75, 3.05) is 0 Å². The molecule has 3 heteroatoms. The minimum Gasteiger partial charge on any atom is -0.507 e. The van der Waals surface area contributed by atoms with Gasteiger partial charge in [0.2, 0.25) is 0 Å². The van der Waals surface area contributed by atoms with Crippen molar-refractivity contribution in [1.82, 2.24) is 0 Å². The maximum absolute atomic E-state index is 11.5. The van der Waals surface area contributed by atoms with E-state index in [0.717, 1.165) is 39.1 Å². The van der Waals surface area contributed by atoms with E-state index >= 15 is 0 Å². The molecule has 0 saturated carbocycles. The van der Waals surface area contributed by atoms with Crippen LogP contribution in [0.1, 0.15) is 23.6 Å². The number of fused-ring (bicyclic) bond motifs is 2. The Labute approximate surface area is 186 Å². The molecular weight excluding hydrogens is 396 g/mol. The largest absolute Gasteiger partial charge is 0.507 e. The van der Waals surface area contributed by atoms with Gasteiger partial charge in [-0.1, -0.05) is 79.7 Å². The fraction of sp³-hybridized carbons (Fsp3) is 0.103. The lowest BCUT2D eigenvalue weighted by Crippen LogP contribution is -1.96. The summed E-state index contributed by atoms with van der Waals surface area (Å²) in [7, 11) is 0. The zero-order valence-electron chi connectivity index (χ0n) is 17.8. The quantitative estimate of drug-likeness (QED) is 0.295. The highest BCUT2D eigenvalue weighted by atomic mass is 16.3. The monoisotopic (exact) mass is 420 g/mol. The Hall–Kier alpha value is -3.98. The summed E-state index contributed by atoms with van der Waals surface area (Å²) in [6.07, 6.45) is 1.12. The fourth-order valence-electron chi connectivity index (χ4n) is 4.58. The minimum atomic E-state index is 0.122. The molecular formula is C29H24O3. The first-order valence-electron chi connectivity index (χ1n) is 10.8. The van der Waals surface area contributed by atoms with E-state index in [9.17, 15) is 15.3 Å². The molecule has 0 aliphatic rings. The van der Waals surface area contributed by atoms with Crippen LogP contribution in [0.4, 0.5) is 0 Å². The number of phenols is 3. The van der Waals surface area contributed by atoms with E-state index in [1.165, 1.54) is 0 Å². The highest BCUT2D eigenvalue weighted by Gasteiger charge is 2.20. The van der Waals surface area contributed by atoms with Gasteiger partial charge in [0.15, 0.2) is 0 Å². The van der Waals surface area contributed by atoms with Gasteiger partial charge < -0.3 is 15.3 Å². The van der Waals surface area contributed by atoms with Gasteiger partial charge in [-0.25, -0.2) is 0 Å². The molecule has 0 radical (unpaired) electrons. The Bertz CT molecular complexity index is 1470. The van der Waals surface area contributed by atoms with Crippen LogP contribution in [0.15, 0.2) is 84.9 Å². The van der Waals surface area contributed by atoms with Crippen LogP contribution in [0.2, 0.25) is 0 Å². The molecule has 5 aromatic carbocycles. The van der Waals surface area contributed by atoms with Crippen LogP contribution < -0.4 is 0 Å². The summed E-state index contributed by atoms with van der Waals surface area (Å²) >= 11 is 0. The Morgan fingerprint density at radius 3 is 1.97 bits per heavy atom. The van der Waals surface area contributed by atoms with Crippen molar-refractivity contribution < 1.29 is 15.3 Å². The number of rotatable bonds is 4. The number of hydrogen-bond donors (Lipinski definition) is 3. The predicted molar refractivity (Wildman–Crippen MR) is 131 cm³/mol. The summed E-state index contributed by atoms with van der Waals surface area (Å²) in [5.41, 5.74) is 3.58. The van der Waals surface area contributed by atoms with E-state index in [1.807, 2.05) is 85.8 Å². The number of phenolic OH excluding ortho intramolecular Hbond substituents is 3. The van der Waals surface area contributed by atoms with Crippen molar-refractivity contribution in [3.63, 3.8) is 0 Å². The van der Waals surface area contributed by atoms with Crippen molar-refractivity contribution in [2.24, 2.45) is 0 Å². The Balaban J connectivity index is 1.80. The standard InChI is InChI=1S/C29H24O3/c1-2-18-10-7-11-21(28(18)31)17-22-16-20-9-4-6-13-24(20)27(29(22)32)26-23-12-5-3-8-19(23)14-15-25(26)30/h3-16,30-32H,2,17H2,1H3. The molecule has 0 spiro atoms. The zero-order chi connectivity index (χ0) is 22.2. The van der Waals surface area contributed by atoms with Crippen LogP contribution in [0.3, 0.4) is 0 Å². The maximum atomic E-state index is 11.5. The summed E-state index contributed by atoms with van der Waals surface area (Å²) < 4.78 is 0. The van der Waals surface area contributed by atoms with Gasteiger partial charge in [0.1, 0.15) is 17.2 Å². The number of aromatic hydroxyl groups is 3. The second-order valence-electron chi connectivity index (χ2n) is 8.12. The molecule has 0 bridgehead atoms. The Morgan fingerprint density at radius 2 is 1.22 bits per heavy atom. The lowest BCUT2D eigenvalue weighted by atomic mass is 9.88. The number of benzene rings is 5. The Morgan fingerprint density at radius 1 is 0.562 bits per heavy atom. The van der Waals surface area contributed by atoms with Gasteiger partial charge in [-0.15, -0.1) is 0 Å². The highest BCUT2D eigenvalue weighted by Crippen LogP contribution is 2.46. The van der Waals surface area contributed by atoms with Crippen LogP contribution in [-0.2, 0) is 12.8 Å². The first-order chi connectivity index (χ1) is 15.6. The summed E-state index contributed by atoms with van der Waals surface area (Å²) in [4.78, 5) is 0. The van der Waals surface area contributed by atoms with Gasteiger partial charge in [0.25, 0.3) is 0 Å². The van der Waals surface area contributed by atoms with Crippen LogP contribution in [0, 0.1) is 0 Å². The topological polar surface area (TPSA) is 60.7 Å². The molecule has 0 amide bonds. The predicted octanol–water partition coefficient (Wildman–Crippen LogP) is 6.93. The van der Waals surface area contributed by atoms with E-state index in [4.69, 9.17) is 0 Å². The molecule has 0 aliphatic carbocycles. The lowest BCUT2D eigenvalue weighted by molar-refractivity contribution is 0.458. The van der Waals surface area contributed by atoms with E-state index in [2.05, 4.69) is 0 Å².